The van der Waals surface area contributed by atoms with Gasteiger partial charge in [0, 0.05) is 30.2 Å². The van der Waals surface area contributed by atoms with Crippen LogP contribution in [0.4, 0.5) is 0 Å². The molecule has 2 unspecified atom stereocenters. The first-order chi connectivity index (χ1) is 13.1. The van der Waals surface area contributed by atoms with Crippen LogP contribution < -0.4 is 0 Å². The number of rotatable bonds is 5. The Bertz CT molecular complexity index is 966. The van der Waals surface area contributed by atoms with Gasteiger partial charge >= 0.3 is 0 Å². The summed E-state index contributed by atoms with van der Waals surface area (Å²) in [7, 11) is 0. The monoisotopic (exact) mass is 401 g/mol. The van der Waals surface area contributed by atoms with Gasteiger partial charge in [-0.2, -0.15) is 0 Å². The second-order valence-corrected chi connectivity index (χ2v) is 7.90. The molecule has 1 fully saturated rings. The molecule has 3 heterocycles. The fourth-order valence-electron chi connectivity index (χ4n) is 3.61. The summed E-state index contributed by atoms with van der Waals surface area (Å²) in [5.74, 6) is -0.0565. The number of hydrogen-bond donors (Lipinski definition) is 1. The van der Waals surface area contributed by atoms with E-state index in [1.54, 1.807) is 12.2 Å². The van der Waals surface area contributed by atoms with E-state index in [0.717, 1.165) is 23.4 Å². The van der Waals surface area contributed by atoms with E-state index in [4.69, 9.17) is 11.6 Å². The van der Waals surface area contributed by atoms with Gasteiger partial charge < -0.3 is 10.0 Å². The number of imidazole rings is 1. The summed E-state index contributed by atoms with van der Waals surface area (Å²) in [5, 5.41) is 12.8. The highest BCUT2D eigenvalue weighted by Crippen LogP contribution is 2.28. The summed E-state index contributed by atoms with van der Waals surface area (Å²) < 4.78 is 1.87. The number of carbonyl (C=O) groups is 1. The first-order valence-electron chi connectivity index (χ1n) is 8.96. The molecule has 0 saturated carbocycles. The molecule has 0 aliphatic carbocycles. The van der Waals surface area contributed by atoms with Crippen LogP contribution in [0.15, 0.2) is 48.0 Å². The quantitative estimate of drug-likeness (QED) is 0.652. The minimum Gasteiger partial charge on any atom is -0.388 e. The molecule has 1 amide bonds. The highest BCUT2D eigenvalue weighted by Gasteiger charge is 2.29. The first-order valence-corrected chi connectivity index (χ1v) is 10.2. The molecule has 7 heteroatoms. The third kappa shape index (κ3) is 3.78. The van der Waals surface area contributed by atoms with E-state index in [1.807, 2.05) is 51.2 Å². The van der Waals surface area contributed by atoms with E-state index >= 15 is 0 Å². The molecule has 140 valence electrons. The molecule has 4 rings (SSSR count). The summed E-state index contributed by atoms with van der Waals surface area (Å²) >= 11 is 7.68. The number of benzene rings is 1. The Morgan fingerprint density at radius 3 is 3.04 bits per heavy atom. The number of fused-ring (bicyclic) bond motifs is 1. The lowest BCUT2D eigenvalue weighted by molar-refractivity contribution is -0.127. The molecular weight excluding hydrogens is 382 g/mol. The van der Waals surface area contributed by atoms with Crippen LogP contribution in [0.5, 0.6) is 0 Å². The molecule has 2 aromatic heterocycles. The molecular formula is C20H20ClN3O2S. The van der Waals surface area contributed by atoms with Gasteiger partial charge in [0.25, 0.3) is 0 Å². The van der Waals surface area contributed by atoms with Gasteiger partial charge in [0.05, 0.1) is 11.8 Å². The van der Waals surface area contributed by atoms with E-state index in [2.05, 4.69) is 4.98 Å². The number of halogens is 1. The van der Waals surface area contributed by atoms with Gasteiger partial charge in [0.2, 0.25) is 5.91 Å². The van der Waals surface area contributed by atoms with Crippen molar-refractivity contribution in [1.82, 2.24) is 14.3 Å². The van der Waals surface area contributed by atoms with Crippen molar-refractivity contribution < 1.29 is 9.90 Å². The van der Waals surface area contributed by atoms with Gasteiger partial charge in [-0.15, -0.1) is 11.3 Å². The van der Waals surface area contributed by atoms with E-state index < -0.39 is 6.10 Å². The SMILES string of the molecule is O=C(/C=C/c1c(Cl)nc2sccn12)N1CCCC1CC(O)c1ccccc1. The molecule has 1 N–H and O–H groups in total. The minimum atomic E-state index is -0.566. The van der Waals surface area contributed by atoms with Crippen molar-refractivity contribution in [3.05, 3.63) is 64.4 Å². The largest absolute Gasteiger partial charge is 0.388 e. The smallest absolute Gasteiger partial charge is 0.246 e. The van der Waals surface area contributed by atoms with Crippen LogP contribution in [0.25, 0.3) is 11.0 Å². The van der Waals surface area contributed by atoms with E-state index in [9.17, 15) is 9.90 Å². The van der Waals surface area contributed by atoms with Crippen LogP contribution in [0.1, 0.15) is 36.6 Å². The lowest BCUT2D eigenvalue weighted by Crippen LogP contribution is -2.35. The zero-order valence-corrected chi connectivity index (χ0v) is 16.2. The number of thiazole rings is 1. The van der Waals surface area contributed by atoms with Crippen molar-refractivity contribution in [1.29, 1.82) is 0 Å². The summed E-state index contributed by atoms with van der Waals surface area (Å²) in [5.41, 5.74) is 1.60. The molecule has 27 heavy (non-hydrogen) atoms. The van der Waals surface area contributed by atoms with Crippen LogP contribution >= 0.6 is 22.9 Å². The predicted octanol–water partition coefficient (Wildman–Crippen LogP) is 4.18. The molecule has 1 aliphatic rings. The number of aromatic nitrogens is 2. The van der Waals surface area contributed by atoms with Crippen molar-refractivity contribution in [2.24, 2.45) is 0 Å². The Morgan fingerprint density at radius 1 is 1.41 bits per heavy atom. The number of carbonyl (C=O) groups excluding carboxylic acids is 1. The Balaban J connectivity index is 1.46. The summed E-state index contributed by atoms with van der Waals surface area (Å²) in [6.45, 7) is 0.712. The topological polar surface area (TPSA) is 57.8 Å². The molecule has 2 atom stereocenters. The minimum absolute atomic E-state index is 0.0411. The van der Waals surface area contributed by atoms with Crippen LogP contribution in [0.3, 0.4) is 0 Å². The first kappa shape index (κ1) is 18.2. The highest BCUT2D eigenvalue weighted by atomic mass is 35.5. The number of likely N-dealkylation sites (tertiary alicyclic amines) is 1. The van der Waals surface area contributed by atoms with Crippen LogP contribution in [0.2, 0.25) is 5.15 Å². The molecule has 5 nitrogen and oxygen atoms in total. The Labute approximate surface area is 166 Å². The fourth-order valence-corrected chi connectivity index (χ4v) is 4.62. The molecule has 1 aromatic carbocycles. The molecule has 0 spiro atoms. The summed E-state index contributed by atoms with van der Waals surface area (Å²) in [6, 6.07) is 9.63. The van der Waals surface area contributed by atoms with Crippen LogP contribution in [-0.2, 0) is 4.79 Å². The molecule has 0 radical (unpaired) electrons. The molecule has 3 aromatic rings. The van der Waals surface area contributed by atoms with Gasteiger partial charge in [-0.25, -0.2) is 4.98 Å². The van der Waals surface area contributed by atoms with Crippen molar-refractivity contribution in [3.8, 4) is 0 Å². The summed E-state index contributed by atoms with van der Waals surface area (Å²) in [6.07, 6.45) is 7.01. The maximum absolute atomic E-state index is 12.7. The molecule has 1 saturated heterocycles. The fraction of sp³-hybridized carbons (Fsp3) is 0.300. The number of amides is 1. The number of aliphatic hydroxyl groups excluding tert-OH is 1. The molecule has 0 bridgehead atoms. The summed E-state index contributed by atoms with van der Waals surface area (Å²) in [4.78, 5) is 19.7. The predicted molar refractivity (Wildman–Crippen MR) is 108 cm³/mol. The highest BCUT2D eigenvalue weighted by molar-refractivity contribution is 7.15. The number of hydrogen-bond acceptors (Lipinski definition) is 4. The van der Waals surface area contributed by atoms with Crippen LogP contribution in [0, 0.1) is 0 Å². The van der Waals surface area contributed by atoms with Crippen molar-refractivity contribution in [2.45, 2.75) is 31.4 Å². The number of nitrogens with zero attached hydrogens (tertiary/aromatic N) is 3. The lowest BCUT2D eigenvalue weighted by Gasteiger charge is -2.25. The van der Waals surface area contributed by atoms with Crippen molar-refractivity contribution in [2.75, 3.05) is 6.54 Å². The Hall–Kier alpha value is -2.15. The standard InChI is InChI=1S/C20H20ClN3O2S/c21-19-16(24-11-12-27-20(24)22-19)8-9-18(26)23-10-4-7-15(23)13-17(25)14-5-2-1-3-6-14/h1-3,5-6,8-9,11-12,15,17,25H,4,7,10,13H2/b9-8+. The second-order valence-electron chi connectivity index (χ2n) is 6.67. The average Bonchev–Trinajstić information content (AvgIpc) is 3.37. The zero-order chi connectivity index (χ0) is 18.8. The molecule has 1 aliphatic heterocycles. The van der Waals surface area contributed by atoms with Crippen LogP contribution in [-0.4, -0.2) is 37.9 Å². The van der Waals surface area contributed by atoms with E-state index in [-0.39, 0.29) is 11.9 Å². The second kappa shape index (κ2) is 7.84. The van der Waals surface area contributed by atoms with E-state index in [0.29, 0.717) is 23.8 Å². The third-order valence-corrected chi connectivity index (χ3v) is 6.01. The Morgan fingerprint density at radius 2 is 2.22 bits per heavy atom. The third-order valence-electron chi connectivity index (χ3n) is 4.98. The maximum Gasteiger partial charge on any atom is 0.246 e. The van der Waals surface area contributed by atoms with Gasteiger partial charge in [-0.1, -0.05) is 41.9 Å². The number of aliphatic hydroxyl groups is 1. The average molecular weight is 402 g/mol. The van der Waals surface area contributed by atoms with Crippen molar-refractivity contribution in [3.63, 3.8) is 0 Å². The van der Waals surface area contributed by atoms with Gasteiger partial charge in [-0.05, 0) is 30.9 Å². The van der Waals surface area contributed by atoms with Gasteiger partial charge in [0.1, 0.15) is 0 Å². The Kier molecular flexibility index (Phi) is 5.29. The van der Waals surface area contributed by atoms with Crippen molar-refractivity contribution >= 4 is 39.9 Å². The lowest BCUT2D eigenvalue weighted by atomic mass is 10.0. The van der Waals surface area contributed by atoms with Gasteiger partial charge in [-0.3, -0.25) is 9.20 Å². The normalized spacial score (nSPS) is 18.6. The van der Waals surface area contributed by atoms with E-state index in [1.165, 1.54) is 11.3 Å². The maximum atomic E-state index is 12.7. The van der Waals surface area contributed by atoms with Gasteiger partial charge in [0.15, 0.2) is 10.1 Å². The zero-order valence-electron chi connectivity index (χ0n) is 14.7.